The predicted molar refractivity (Wildman–Crippen MR) is 66.9 cm³/mol. The van der Waals surface area contributed by atoms with Gasteiger partial charge in [0.1, 0.15) is 11.8 Å². The minimum atomic E-state index is -2.99. The van der Waals surface area contributed by atoms with Gasteiger partial charge >= 0.3 is 12.6 Å². The average molecular weight is 287 g/mol. The first kappa shape index (κ1) is 15.9. The van der Waals surface area contributed by atoms with Gasteiger partial charge in [-0.1, -0.05) is 13.0 Å². The Morgan fingerprint density at radius 1 is 1.40 bits per heavy atom. The molecule has 0 radical (unpaired) electrons. The first-order chi connectivity index (χ1) is 9.36. The molecule has 0 aliphatic rings. The van der Waals surface area contributed by atoms with E-state index in [4.69, 9.17) is 5.11 Å². The fourth-order valence-electron chi connectivity index (χ4n) is 1.76. The fraction of sp³-hybridized carbons (Fsp3) is 0.385. The van der Waals surface area contributed by atoms with Gasteiger partial charge in [0, 0.05) is 12.6 Å². The minimum absolute atomic E-state index is 0.0883. The molecule has 1 unspecified atom stereocenters. The van der Waals surface area contributed by atoms with Crippen molar-refractivity contribution >= 4 is 11.9 Å². The normalized spacial score (nSPS) is 12.1. The Kier molecular flexibility index (Phi) is 5.42. The quantitative estimate of drug-likeness (QED) is 0.871. The summed E-state index contributed by atoms with van der Waals surface area (Å²) in [4.78, 5) is 24.2. The first-order valence-corrected chi connectivity index (χ1v) is 5.91. The van der Waals surface area contributed by atoms with Gasteiger partial charge in [0.15, 0.2) is 0 Å². The molecule has 110 valence electrons. The number of ether oxygens (including phenoxy) is 1. The van der Waals surface area contributed by atoms with Crippen molar-refractivity contribution in [1.29, 1.82) is 0 Å². The molecule has 0 aliphatic carbocycles. The van der Waals surface area contributed by atoms with Crippen LogP contribution < -0.4 is 4.74 Å². The van der Waals surface area contributed by atoms with Gasteiger partial charge in [0.2, 0.25) is 0 Å². The highest BCUT2D eigenvalue weighted by atomic mass is 19.3. The lowest BCUT2D eigenvalue weighted by atomic mass is 10.1. The number of carboxylic acid groups (broad SMARTS) is 1. The van der Waals surface area contributed by atoms with Crippen LogP contribution in [-0.2, 0) is 4.79 Å². The summed E-state index contributed by atoms with van der Waals surface area (Å²) < 4.78 is 28.4. The molecule has 1 aromatic rings. The zero-order valence-electron chi connectivity index (χ0n) is 11.0. The third kappa shape index (κ3) is 3.91. The van der Waals surface area contributed by atoms with Crippen molar-refractivity contribution in [2.45, 2.75) is 26.0 Å². The number of alkyl halides is 2. The lowest BCUT2D eigenvalue weighted by molar-refractivity contribution is -0.142. The molecule has 20 heavy (non-hydrogen) atoms. The van der Waals surface area contributed by atoms with E-state index in [1.165, 1.54) is 25.2 Å². The SMILES string of the molecule is CCC(C(=O)O)N(C)C(=O)c1cccc(OC(F)F)c1. The van der Waals surface area contributed by atoms with Crippen molar-refractivity contribution in [3.05, 3.63) is 29.8 Å². The number of hydrogen-bond acceptors (Lipinski definition) is 3. The number of halogens is 2. The van der Waals surface area contributed by atoms with E-state index in [2.05, 4.69) is 4.74 Å². The lowest BCUT2D eigenvalue weighted by Gasteiger charge is -2.23. The molecule has 0 heterocycles. The van der Waals surface area contributed by atoms with Crippen molar-refractivity contribution in [1.82, 2.24) is 4.90 Å². The van der Waals surface area contributed by atoms with Gasteiger partial charge < -0.3 is 14.7 Å². The Balaban J connectivity index is 2.94. The minimum Gasteiger partial charge on any atom is -0.480 e. The number of amides is 1. The van der Waals surface area contributed by atoms with Crippen LogP contribution in [0, 0.1) is 0 Å². The molecule has 5 nitrogen and oxygen atoms in total. The number of hydrogen-bond donors (Lipinski definition) is 1. The molecule has 7 heteroatoms. The highest BCUT2D eigenvalue weighted by Crippen LogP contribution is 2.18. The fourth-order valence-corrected chi connectivity index (χ4v) is 1.76. The largest absolute Gasteiger partial charge is 0.480 e. The van der Waals surface area contributed by atoms with Crippen LogP contribution in [0.1, 0.15) is 23.7 Å². The van der Waals surface area contributed by atoms with E-state index in [9.17, 15) is 18.4 Å². The Hall–Kier alpha value is -2.18. The third-order valence-corrected chi connectivity index (χ3v) is 2.77. The second-order valence-electron chi connectivity index (χ2n) is 4.08. The standard InChI is InChI=1S/C13H15F2NO4/c1-3-10(12(18)19)16(2)11(17)8-5-4-6-9(7-8)20-13(14)15/h4-7,10,13H,3H2,1-2H3,(H,18,19). The summed E-state index contributed by atoms with van der Waals surface area (Å²) in [6.07, 6.45) is 0.241. The van der Waals surface area contributed by atoms with Crippen LogP contribution in [0.15, 0.2) is 24.3 Å². The van der Waals surface area contributed by atoms with Gasteiger partial charge in [-0.3, -0.25) is 4.79 Å². The molecule has 0 spiro atoms. The van der Waals surface area contributed by atoms with Crippen LogP contribution in [0.2, 0.25) is 0 Å². The van der Waals surface area contributed by atoms with Crippen LogP contribution in [0.25, 0.3) is 0 Å². The van der Waals surface area contributed by atoms with Crippen molar-refractivity contribution < 1.29 is 28.2 Å². The van der Waals surface area contributed by atoms with Crippen LogP contribution in [0.5, 0.6) is 5.75 Å². The van der Waals surface area contributed by atoms with Gasteiger partial charge in [0.05, 0.1) is 0 Å². The highest BCUT2D eigenvalue weighted by molar-refractivity contribution is 5.96. The molecule has 0 saturated heterocycles. The van der Waals surface area contributed by atoms with Gasteiger partial charge in [-0.25, -0.2) is 4.79 Å². The maximum Gasteiger partial charge on any atom is 0.387 e. The van der Waals surface area contributed by atoms with Crippen LogP contribution in [0.3, 0.4) is 0 Å². The van der Waals surface area contributed by atoms with Gasteiger partial charge in [-0.2, -0.15) is 8.78 Å². The third-order valence-electron chi connectivity index (χ3n) is 2.77. The summed E-state index contributed by atoms with van der Waals surface area (Å²) in [5, 5.41) is 9.00. The number of likely N-dealkylation sites (N-methyl/N-ethyl adjacent to an activating group) is 1. The van der Waals surface area contributed by atoms with Gasteiger partial charge in [0.25, 0.3) is 5.91 Å². The van der Waals surface area contributed by atoms with E-state index in [1.807, 2.05) is 0 Å². The zero-order chi connectivity index (χ0) is 15.3. The summed E-state index contributed by atoms with van der Waals surface area (Å²) in [5.74, 6) is -1.84. The van der Waals surface area contributed by atoms with E-state index in [-0.39, 0.29) is 17.7 Å². The highest BCUT2D eigenvalue weighted by Gasteiger charge is 2.25. The summed E-state index contributed by atoms with van der Waals surface area (Å²) in [6.45, 7) is -1.35. The first-order valence-electron chi connectivity index (χ1n) is 5.91. The molecule has 0 saturated carbocycles. The second kappa shape index (κ2) is 6.83. The number of benzene rings is 1. The predicted octanol–water partition coefficient (Wildman–Crippen LogP) is 2.22. The number of nitrogens with zero attached hydrogens (tertiary/aromatic N) is 1. The topological polar surface area (TPSA) is 66.8 Å². The van der Waals surface area contributed by atoms with E-state index in [1.54, 1.807) is 6.92 Å². The Labute approximate surface area is 114 Å². The van der Waals surface area contributed by atoms with Crippen molar-refractivity contribution in [2.24, 2.45) is 0 Å². The lowest BCUT2D eigenvalue weighted by Crippen LogP contribution is -2.41. The van der Waals surface area contributed by atoms with E-state index in [0.717, 1.165) is 11.0 Å². The van der Waals surface area contributed by atoms with E-state index >= 15 is 0 Å². The number of rotatable bonds is 6. The van der Waals surface area contributed by atoms with Crippen LogP contribution in [-0.4, -0.2) is 41.6 Å². The monoisotopic (exact) mass is 287 g/mol. The molecule has 1 amide bonds. The maximum absolute atomic E-state index is 12.1. The molecular weight excluding hydrogens is 272 g/mol. The maximum atomic E-state index is 12.1. The van der Waals surface area contributed by atoms with E-state index < -0.39 is 24.5 Å². The zero-order valence-corrected chi connectivity index (χ0v) is 11.0. The molecular formula is C13H15F2NO4. The van der Waals surface area contributed by atoms with Crippen LogP contribution in [0.4, 0.5) is 8.78 Å². The summed E-state index contributed by atoms with van der Waals surface area (Å²) in [7, 11) is 1.35. The average Bonchev–Trinajstić information content (AvgIpc) is 2.37. The number of carbonyl (C=O) groups excluding carboxylic acids is 1. The second-order valence-corrected chi connectivity index (χ2v) is 4.08. The number of carbonyl (C=O) groups is 2. The molecule has 1 atom stereocenters. The summed E-state index contributed by atoms with van der Waals surface area (Å²) in [5.41, 5.74) is 0.0883. The molecule has 0 bridgehead atoms. The summed E-state index contributed by atoms with van der Waals surface area (Å²) in [6, 6.07) is 4.27. The number of carboxylic acids is 1. The molecule has 0 aliphatic heterocycles. The molecule has 1 aromatic carbocycles. The van der Waals surface area contributed by atoms with Gasteiger partial charge in [-0.05, 0) is 24.6 Å². The van der Waals surface area contributed by atoms with E-state index in [0.29, 0.717) is 0 Å². The number of aliphatic carboxylic acids is 1. The molecule has 0 aromatic heterocycles. The molecule has 1 N–H and O–H groups in total. The van der Waals surface area contributed by atoms with Crippen molar-refractivity contribution in [2.75, 3.05) is 7.05 Å². The Bertz CT molecular complexity index is 493. The summed E-state index contributed by atoms with van der Waals surface area (Å²) >= 11 is 0. The van der Waals surface area contributed by atoms with Crippen LogP contribution >= 0.6 is 0 Å². The van der Waals surface area contributed by atoms with Gasteiger partial charge in [-0.15, -0.1) is 0 Å². The Morgan fingerprint density at radius 2 is 2.05 bits per heavy atom. The Morgan fingerprint density at radius 3 is 2.55 bits per heavy atom. The smallest absolute Gasteiger partial charge is 0.387 e. The molecule has 1 rings (SSSR count). The van der Waals surface area contributed by atoms with Crippen molar-refractivity contribution in [3.63, 3.8) is 0 Å². The molecule has 0 fully saturated rings. The van der Waals surface area contributed by atoms with Crippen molar-refractivity contribution in [3.8, 4) is 5.75 Å².